The topological polar surface area (TPSA) is 77.0 Å². The molecular weight excluding hydrogens is 560 g/mol. The summed E-state index contributed by atoms with van der Waals surface area (Å²) in [7, 11) is 5.41. The Morgan fingerprint density at radius 2 is 1.74 bits per heavy atom. The van der Waals surface area contributed by atoms with E-state index in [-0.39, 0.29) is 18.2 Å². The molecule has 3 aromatic rings. The normalized spacial score (nSPS) is 21.0. The van der Waals surface area contributed by atoms with E-state index < -0.39 is 5.60 Å². The van der Waals surface area contributed by atoms with Crippen LogP contribution in [0, 0.1) is 0 Å². The number of hydrogen-bond acceptors (Lipinski definition) is 8. The Morgan fingerprint density at radius 3 is 2.37 bits per heavy atom. The highest BCUT2D eigenvalue weighted by molar-refractivity contribution is 7.19. The average Bonchev–Trinajstić information content (AvgIpc) is 3.57. The molecule has 2 heterocycles. The minimum atomic E-state index is -0.505. The quantitative estimate of drug-likeness (QED) is 0.233. The molecule has 9 heteroatoms. The summed E-state index contributed by atoms with van der Waals surface area (Å²) in [5.41, 5.74) is 2.16. The molecule has 0 radical (unpaired) electrons. The molecule has 1 aromatic carbocycles. The van der Waals surface area contributed by atoms with Gasteiger partial charge in [0.05, 0.1) is 18.6 Å². The number of aryl methyl sites for hydroxylation is 1. The highest BCUT2D eigenvalue weighted by atomic mass is 32.1. The van der Waals surface area contributed by atoms with Gasteiger partial charge in [-0.3, -0.25) is 0 Å². The number of carbonyl (C=O) groups is 1. The van der Waals surface area contributed by atoms with Gasteiger partial charge in [0.25, 0.3) is 0 Å². The van der Waals surface area contributed by atoms with Gasteiger partial charge in [-0.25, -0.2) is 14.8 Å². The van der Waals surface area contributed by atoms with E-state index >= 15 is 0 Å². The van der Waals surface area contributed by atoms with Gasteiger partial charge in [-0.05, 0) is 101 Å². The van der Waals surface area contributed by atoms with Gasteiger partial charge in [0.2, 0.25) is 0 Å². The van der Waals surface area contributed by atoms with Crippen LogP contribution in [0.1, 0.15) is 94.6 Å². The van der Waals surface area contributed by atoms with E-state index in [1.165, 1.54) is 21.4 Å². The maximum Gasteiger partial charge on any atom is 0.410 e. The zero-order valence-electron chi connectivity index (χ0n) is 26.9. The molecule has 234 valence electrons. The summed E-state index contributed by atoms with van der Waals surface area (Å²) >= 11 is 1.84. The number of benzene rings is 1. The largest absolute Gasteiger partial charge is 0.497 e. The summed E-state index contributed by atoms with van der Waals surface area (Å²) in [6.45, 7) is 8.70. The van der Waals surface area contributed by atoms with Crippen LogP contribution in [0.4, 0.5) is 10.6 Å². The van der Waals surface area contributed by atoms with Crippen molar-refractivity contribution in [3.63, 3.8) is 0 Å². The van der Waals surface area contributed by atoms with E-state index in [2.05, 4.69) is 24.0 Å². The first-order valence-electron chi connectivity index (χ1n) is 15.8. The zero-order chi connectivity index (χ0) is 30.7. The third-order valence-corrected chi connectivity index (χ3v) is 10.3. The Kier molecular flexibility index (Phi) is 9.81. The fourth-order valence-electron chi connectivity index (χ4n) is 6.80. The molecule has 1 amide bonds. The van der Waals surface area contributed by atoms with Crippen molar-refractivity contribution in [2.45, 2.75) is 115 Å². The maximum absolute atomic E-state index is 12.8. The number of nitrogens with zero attached hydrogens (tertiary/aromatic N) is 4. The summed E-state index contributed by atoms with van der Waals surface area (Å²) in [6, 6.07) is 8.82. The first-order valence-corrected chi connectivity index (χ1v) is 16.6. The van der Waals surface area contributed by atoms with Gasteiger partial charge in [0.1, 0.15) is 28.3 Å². The van der Waals surface area contributed by atoms with Crippen molar-refractivity contribution in [2.24, 2.45) is 0 Å². The van der Waals surface area contributed by atoms with Crippen molar-refractivity contribution < 1.29 is 19.0 Å². The SMILES string of the molecule is CCC(C[C@H]1CCc2sc3ncnc(N(Cc4ccc(OC)cc4)C4CCC(N(C)C(=O)OC(C)(C)C)CC4)c3c21)OC. The van der Waals surface area contributed by atoms with Crippen LogP contribution in [0.15, 0.2) is 30.6 Å². The summed E-state index contributed by atoms with van der Waals surface area (Å²) in [5.74, 6) is 2.35. The average molecular weight is 609 g/mol. The van der Waals surface area contributed by atoms with E-state index in [0.717, 1.165) is 74.3 Å². The van der Waals surface area contributed by atoms with Gasteiger partial charge in [-0.2, -0.15) is 0 Å². The molecule has 0 bridgehead atoms. The number of carbonyl (C=O) groups excluding carboxylic acids is 1. The molecule has 0 aliphatic heterocycles. The van der Waals surface area contributed by atoms with Crippen LogP contribution in [-0.4, -0.2) is 66.0 Å². The van der Waals surface area contributed by atoms with Crippen molar-refractivity contribution in [3.05, 3.63) is 46.6 Å². The fraction of sp³-hybridized carbons (Fsp3) is 0.618. The predicted molar refractivity (Wildman–Crippen MR) is 173 cm³/mol. The lowest BCUT2D eigenvalue weighted by Gasteiger charge is -2.40. The van der Waals surface area contributed by atoms with Crippen LogP contribution >= 0.6 is 11.3 Å². The van der Waals surface area contributed by atoms with Gasteiger partial charge in [0, 0.05) is 37.7 Å². The summed E-state index contributed by atoms with van der Waals surface area (Å²) in [5, 5.41) is 1.23. The number of hydrogen-bond donors (Lipinski definition) is 0. The second kappa shape index (κ2) is 13.4. The predicted octanol–water partition coefficient (Wildman–Crippen LogP) is 7.73. The minimum absolute atomic E-state index is 0.161. The Labute approximate surface area is 260 Å². The Hall–Kier alpha value is -2.91. The van der Waals surface area contributed by atoms with Crippen molar-refractivity contribution in [3.8, 4) is 5.75 Å². The van der Waals surface area contributed by atoms with E-state index in [4.69, 9.17) is 24.2 Å². The van der Waals surface area contributed by atoms with Crippen molar-refractivity contribution in [1.29, 1.82) is 0 Å². The van der Waals surface area contributed by atoms with E-state index in [1.54, 1.807) is 18.3 Å². The molecule has 0 N–H and O–H groups in total. The number of anilines is 1. The molecule has 1 saturated carbocycles. The third-order valence-electron chi connectivity index (χ3n) is 9.17. The molecule has 2 aliphatic rings. The molecule has 43 heavy (non-hydrogen) atoms. The summed E-state index contributed by atoms with van der Waals surface area (Å²) < 4.78 is 16.9. The minimum Gasteiger partial charge on any atom is -0.497 e. The summed E-state index contributed by atoms with van der Waals surface area (Å²) in [4.78, 5) is 29.5. The Bertz CT molecular complexity index is 1370. The molecule has 0 spiro atoms. The van der Waals surface area contributed by atoms with Crippen LogP contribution in [0.25, 0.3) is 10.2 Å². The second-order valence-electron chi connectivity index (χ2n) is 13.1. The highest BCUT2D eigenvalue weighted by Crippen LogP contribution is 2.48. The van der Waals surface area contributed by atoms with E-state index in [0.29, 0.717) is 12.0 Å². The highest BCUT2D eigenvalue weighted by Gasteiger charge is 2.36. The first-order chi connectivity index (χ1) is 20.6. The van der Waals surface area contributed by atoms with Crippen LogP contribution in [0.2, 0.25) is 0 Å². The van der Waals surface area contributed by atoms with Crippen LogP contribution in [-0.2, 0) is 22.4 Å². The molecule has 5 rings (SSSR count). The maximum atomic E-state index is 12.8. The molecule has 2 aromatic heterocycles. The summed E-state index contributed by atoms with van der Waals surface area (Å²) in [6.07, 6.45) is 9.83. The van der Waals surface area contributed by atoms with Crippen LogP contribution < -0.4 is 9.64 Å². The van der Waals surface area contributed by atoms with Crippen LogP contribution in [0.3, 0.4) is 0 Å². The number of amides is 1. The van der Waals surface area contributed by atoms with E-state index in [9.17, 15) is 4.79 Å². The van der Waals surface area contributed by atoms with Crippen molar-refractivity contribution in [1.82, 2.24) is 14.9 Å². The molecule has 2 aliphatic carbocycles. The molecular formula is C34H48N4O4S. The lowest BCUT2D eigenvalue weighted by Crippen LogP contribution is -2.46. The van der Waals surface area contributed by atoms with Gasteiger partial charge < -0.3 is 24.0 Å². The number of methoxy groups -OCH3 is 2. The van der Waals surface area contributed by atoms with Crippen molar-refractivity contribution >= 4 is 33.5 Å². The fourth-order valence-corrected chi connectivity index (χ4v) is 8.03. The number of ether oxygens (including phenoxy) is 3. The second-order valence-corrected chi connectivity index (χ2v) is 14.2. The Balaban J connectivity index is 1.46. The standard InChI is InChI=1S/C34H48N4O4S/c1-8-26(40-6)19-23-11-18-28-29(23)30-31(35-21-36-32(30)43-28)38(20-22-9-16-27(41-7)17-10-22)25-14-12-24(13-15-25)37(5)33(39)42-34(2,3)4/h9-10,16-17,21,23-26H,8,11-15,18-20H2,1-7H3/t23-,24?,25?,26?/m1/s1. The third kappa shape index (κ3) is 7.09. The van der Waals surface area contributed by atoms with Crippen LogP contribution in [0.5, 0.6) is 5.75 Å². The number of rotatable bonds is 10. The smallest absolute Gasteiger partial charge is 0.410 e. The monoisotopic (exact) mass is 608 g/mol. The van der Waals surface area contributed by atoms with E-state index in [1.807, 2.05) is 58.4 Å². The lowest BCUT2D eigenvalue weighted by molar-refractivity contribution is 0.0182. The number of aromatic nitrogens is 2. The molecule has 2 atom stereocenters. The van der Waals surface area contributed by atoms with Gasteiger partial charge in [0.15, 0.2) is 0 Å². The molecule has 8 nitrogen and oxygen atoms in total. The van der Waals surface area contributed by atoms with Gasteiger partial charge in [-0.15, -0.1) is 11.3 Å². The molecule has 0 saturated heterocycles. The number of fused-ring (bicyclic) bond motifs is 3. The van der Waals surface area contributed by atoms with Gasteiger partial charge in [-0.1, -0.05) is 19.1 Å². The van der Waals surface area contributed by atoms with Crippen molar-refractivity contribution in [2.75, 3.05) is 26.2 Å². The molecule has 1 unspecified atom stereocenters. The van der Waals surface area contributed by atoms with Gasteiger partial charge >= 0.3 is 6.09 Å². The lowest BCUT2D eigenvalue weighted by atomic mass is 9.88. The Morgan fingerprint density at radius 1 is 1.05 bits per heavy atom. The first kappa shape index (κ1) is 31.5. The number of thiophene rings is 1. The molecule has 1 fully saturated rings. The zero-order valence-corrected chi connectivity index (χ0v) is 27.7.